The molecule has 4 nitrogen and oxygen atoms in total. The molecule has 0 saturated carbocycles. The smallest absolute Gasteiger partial charge is 0.143 e. The lowest BCUT2D eigenvalue weighted by atomic mass is 9.82. The number of benzene rings is 8. The van der Waals surface area contributed by atoms with Gasteiger partial charge in [-0.3, -0.25) is 0 Å². The Morgan fingerprint density at radius 2 is 1.04 bits per heavy atom. The van der Waals surface area contributed by atoms with E-state index < -0.39 is 0 Å². The fourth-order valence-electron chi connectivity index (χ4n) is 9.24. The highest BCUT2D eigenvalue weighted by Crippen LogP contribution is 2.52. The Kier molecular flexibility index (Phi) is 6.09. The van der Waals surface area contributed by atoms with Crippen molar-refractivity contribution >= 4 is 82.9 Å². The van der Waals surface area contributed by atoms with Gasteiger partial charge in [0, 0.05) is 49.3 Å². The summed E-state index contributed by atoms with van der Waals surface area (Å²) in [5.74, 6) is 0. The summed E-state index contributed by atoms with van der Waals surface area (Å²) in [6.07, 6.45) is 0. The molecule has 0 unspecified atom stereocenters. The number of furan rings is 3. The molecule has 1 aliphatic carbocycles. The van der Waals surface area contributed by atoms with E-state index in [1.54, 1.807) is 0 Å². The Morgan fingerprint density at radius 3 is 1.96 bits per heavy atom. The molecule has 4 heteroatoms. The number of hydrogen-bond acceptors (Lipinski definition) is 4. The number of fused-ring (bicyclic) bond motifs is 12. The van der Waals surface area contributed by atoms with E-state index in [0.717, 1.165) is 94.0 Å². The van der Waals surface area contributed by atoms with Gasteiger partial charge in [-0.25, -0.2) is 0 Å². The molecule has 1 aliphatic rings. The third kappa shape index (κ3) is 4.28. The van der Waals surface area contributed by atoms with Crippen molar-refractivity contribution < 1.29 is 13.3 Å². The van der Waals surface area contributed by atoms with Gasteiger partial charge in [-0.2, -0.15) is 0 Å². The molecule has 3 heterocycles. The SMILES string of the molecule is CC1(C)c2ccccc2-c2ccc(N(c3ccc4oc5ccccc5c4c3)c3cccc4oc5cc6c(cc5c34)oc3c(-c4ccccc4)cccc36)cc21. The van der Waals surface area contributed by atoms with Gasteiger partial charge >= 0.3 is 0 Å². The van der Waals surface area contributed by atoms with Crippen LogP contribution >= 0.6 is 0 Å². The van der Waals surface area contributed by atoms with E-state index in [2.05, 4.69) is 164 Å². The zero-order valence-corrected chi connectivity index (χ0v) is 30.3. The molecule has 0 bridgehead atoms. The van der Waals surface area contributed by atoms with Crippen molar-refractivity contribution in [3.63, 3.8) is 0 Å². The fourth-order valence-corrected chi connectivity index (χ4v) is 9.24. The molecule has 0 fully saturated rings. The highest BCUT2D eigenvalue weighted by molar-refractivity contribution is 6.20. The van der Waals surface area contributed by atoms with Crippen molar-refractivity contribution in [2.24, 2.45) is 0 Å². The highest BCUT2D eigenvalue weighted by Gasteiger charge is 2.36. The molecule has 0 N–H and O–H groups in total. The summed E-state index contributed by atoms with van der Waals surface area (Å²) < 4.78 is 19.8. The van der Waals surface area contributed by atoms with E-state index in [1.165, 1.54) is 22.3 Å². The van der Waals surface area contributed by atoms with Gasteiger partial charge in [-0.1, -0.05) is 117 Å². The van der Waals surface area contributed by atoms with E-state index in [0.29, 0.717) is 0 Å². The second-order valence-electron chi connectivity index (χ2n) is 15.3. The normalized spacial score (nSPS) is 13.4. The topological polar surface area (TPSA) is 42.7 Å². The van der Waals surface area contributed by atoms with Gasteiger partial charge in [0.1, 0.15) is 33.5 Å². The summed E-state index contributed by atoms with van der Waals surface area (Å²) >= 11 is 0. The molecule has 11 aromatic rings. The van der Waals surface area contributed by atoms with Gasteiger partial charge < -0.3 is 18.2 Å². The summed E-state index contributed by atoms with van der Waals surface area (Å²) in [6.45, 7) is 4.67. The van der Waals surface area contributed by atoms with Crippen molar-refractivity contribution in [3.8, 4) is 22.3 Å². The first-order valence-electron chi connectivity index (χ1n) is 18.8. The van der Waals surface area contributed by atoms with Gasteiger partial charge in [0.2, 0.25) is 0 Å². The lowest BCUT2D eigenvalue weighted by molar-refractivity contribution is 0.660. The first-order chi connectivity index (χ1) is 27.0. The second kappa shape index (κ2) is 11.0. The van der Waals surface area contributed by atoms with Crippen molar-refractivity contribution in [2.45, 2.75) is 19.3 Å². The highest BCUT2D eigenvalue weighted by atomic mass is 16.3. The van der Waals surface area contributed by atoms with Crippen LogP contribution in [-0.2, 0) is 5.41 Å². The summed E-state index contributed by atoms with van der Waals surface area (Å²) in [7, 11) is 0. The van der Waals surface area contributed by atoms with Gasteiger partial charge in [-0.15, -0.1) is 0 Å². The Hall–Kier alpha value is -7.04. The van der Waals surface area contributed by atoms with E-state index in [-0.39, 0.29) is 5.41 Å². The molecule has 0 radical (unpaired) electrons. The minimum atomic E-state index is -0.155. The first kappa shape index (κ1) is 30.4. The molecule has 3 aromatic heterocycles. The van der Waals surface area contributed by atoms with Gasteiger partial charge in [0.05, 0.1) is 11.1 Å². The predicted molar refractivity (Wildman–Crippen MR) is 226 cm³/mol. The third-order valence-corrected chi connectivity index (χ3v) is 11.9. The van der Waals surface area contributed by atoms with E-state index in [4.69, 9.17) is 13.3 Å². The average molecular weight is 708 g/mol. The van der Waals surface area contributed by atoms with Crippen LogP contribution in [-0.4, -0.2) is 0 Å². The van der Waals surface area contributed by atoms with Crippen LogP contribution in [0.15, 0.2) is 177 Å². The molecule has 260 valence electrons. The van der Waals surface area contributed by atoms with Crippen LogP contribution in [0.25, 0.3) is 88.1 Å². The number of rotatable bonds is 4. The lowest BCUT2D eigenvalue weighted by Gasteiger charge is -2.28. The Morgan fingerprint density at radius 1 is 0.400 bits per heavy atom. The van der Waals surface area contributed by atoms with Crippen molar-refractivity contribution in [1.29, 1.82) is 0 Å². The monoisotopic (exact) mass is 707 g/mol. The van der Waals surface area contributed by atoms with Crippen LogP contribution in [0.3, 0.4) is 0 Å². The Bertz CT molecular complexity index is 3360. The largest absolute Gasteiger partial charge is 0.456 e. The molecule has 0 aliphatic heterocycles. The van der Waals surface area contributed by atoms with Crippen molar-refractivity contribution in [3.05, 3.63) is 175 Å². The van der Waals surface area contributed by atoms with Crippen LogP contribution in [0.5, 0.6) is 0 Å². The lowest BCUT2D eigenvalue weighted by Crippen LogP contribution is -2.16. The summed E-state index contributed by atoms with van der Waals surface area (Å²) in [5.41, 5.74) is 15.5. The maximum absolute atomic E-state index is 6.75. The van der Waals surface area contributed by atoms with Crippen molar-refractivity contribution in [1.82, 2.24) is 0 Å². The van der Waals surface area contributed by atoms with Crippen LogP contribution in [0.1, 0.15) is 25.0 Å². The Labute approximate surface area is 316 Å². The third-order valence-electron chi connectivity index (χ3n) is 11.9. The quantitative estimate of drug-likeness (QED) is 0.183. The maximum atomic E-state index is 6.75. The predicted octanol–water partition coefficient (Wildman–Crippen LogP) is 14.8. The number of para-hydroxylation sites is 2. The molecule has 0 saturated heterocycles. The number of nitrogens with zero attached hydrogens (tertiary/aromatic N) is 1. The van der Waals surface area contributed by atoms with Gasteiger partial charge in [-0.05, 0) is 88.5 Å². The summed E-state index contributed by atoms with van der Waals surface area (Å²) in [6, 6.07) is 58.0. The minimum Gasteiger partial charge on any atom is -0.456 e. The molecule has 8 aromatic carbocycles. The zero-order valence-electron chi connectivity index (χ0n) is 30.3. The first-order valence-corrected chi connectivity index (χ1v) is 18.8. The average Bonchev–Trinajstić information content (AvgIpc) is 3.95. The zero-order chi connectivity index (χ0) is 36.4. The molecule has 55 heavy (non-hydrogen) atoms. The van der Waals surface area contributed by atoms with E-state index >= 15 is 0 Å². The Balaban J connectivity index is 1.12. The number of hydrogen-bond donors (Lipinski definition) is 0. The second-order valence-corrected chi connectivity index (χ2v) is 15.3. The van der Waals surface area contributed by atoms with Crippen LogP contribution < -0.4 is 4.90 Å². The molecule has 0 atom stereocenters. The van der Waals surface area contributed by atoms with Crippen molar-refractivity contribution in [2.75, 3.05) is 4.90 Å². The standard InChI is InChI=1S/C51H33NO3/c1-51(2)41-18-8-6-14-34(41)35-24-22-32(27-42(35)51)52(31-23-25-45-38(26-31)36-15-7-9-20-44(36)53-45)43-19-11-21-46-49(43)40-29-47-39(28-48(40)54-46)37-17-10-16-33(50(37)55-47)30-12-4-3-5-13-30/h3-29H,1-2H3. The fraction of sp³-hybridized carbons (Fsp3) is 0.0588. The summed E-state index contributed by atoms with van der Waals surface area (Å²) in [4.78, 5) is 2.38. The van der Waals surface area contributed by atoms with Crippen LogP contribution in [0.2, 0.25) is 0 Å². The van der Waals surface area contributed by atoms with Crippen LogP contribution in [0, 0.1) is 0 Å². The van der Waals surface area contributed by atoms with E-state index in [9.17, 15) is 0 Å². The van der Waals surface area contributed by atoms with Gasteiger partial charge in [0.25, 0.3) is 0 Å². The van der Waals surface area contributed by atoms with E-state index in [1.807, 2.05) is 18.2 Å². The molecular weight excluding hydrogens is 675 g/mol. The molecule has 12 rings (SSSR count). The molecular formula is C51H33NO3. The maximum Gasteiger partial charge on any atom is 0.143 e. The van der Waals surface area contributed by atoms with Crippen LogP contribution in [0.4, 0.5) is 17.1 Å². The molecule has 0 spiro atoms. The minimum absolute atomic E-state index is 0.155. The molecule has 0 amide bonds. The van der Waals surface area contributed by atoms with Gasteiger partial charge in [0.15, 0.2) is 0 Å². The number of anilines is 3. The summed E-state index contributed by atoms with van der Waals surface area (Å²) in [5, 5.41) is 6.32.